The minimum Gasteiger partial charge on any atom is -0.394 e. The zero-order chi connectivity index (χ0) is 8.69. The topological polar surface area (TPSA) is 18.5 Å². The van der Waals surface area contributed by atoms with Gasteiger partial charge in [-0.25, -0.2) is 0 Å². The molecule has 0 heterocycles. The zero-order valence-electron chi connectivity index (χ0n) is 7.10. The average Bonchev–Trinajstić information content (AvgIpc) is 2.03. The Kier molecular flexibility index (Phi) is 7.26. The van der Waals surface area contributed by atoms with Gasteiger partial charge in [-0.3, -0.25) is 0 Å². The molecule has 0 spiro atoms. The first-order chi connectivity index (χ1) is 5.26. The van der Waals surface area contributed by atoms with Crippen LogP contribution >= 0.6 is 15.9 Å². The molecule has 0 aliphatic carbocycles. The lowest BCUT2D eigenvalue weighted by Crippen LogP contribution is -2.26. The van der Waals surface area contributed by atoms with Crippen LogP contribution in [-0.2, 0) is 8.85 Å². The van der Waals surface area contributed by atoms with Crippen molar-refractivity contribution in [3.05, 3.63) is 11.8 Å². The molecule has 0 radical (unpaired) electrons. The Balaban J connectivity index is 3.76. The third kappa shape index (κ3) is 4.74. The average molecular weight is 239 g/mol. The van der Waals surface area contributed by atoms with Crippen LogP contribution in [0.4, 0.5) is 0 Å². The Hall–Kier alpha value is 0.357. The number of alkyl halides is 1. The summed E-state index contributed by atoms with van der Waals surface area (Å²) in [4.78, 5) is 0. The van der Waals surface area contributed by atoms with Crippen molar-refractivity contribution in [1.29, 1.82) is 0 Å². The highest BCUT2D eigenvalue weighted by Gasteiger charge is 2.14. The summed E-state index contributed by atoms with van der Waals surface area (Å²) < 4.78 is 10.8. The molecule has 0 aromatic rings. The van der Waals surface area contributed by atoms with Gasteiger partial charge in [0, 0.05) is 18.5 Å². The standard InChI is InChI=1S/C7H15BrO2Si/c1-4-9-11(10-5-2)7(3)6-8/h11H,3-6H2,1-2H3. The van der Waals surface area contributed by atoms with Gasteiger partial charge in [-0.05, 0) is 19.0 Å². The van der Waals surface area contributed by atoms with E-state index in [9.17, 15) is 0 Å². The van der Waals surface area contributed by atoms with Crippen molar-refractivity contribution >= 4 is 25.2 Å². The SMILES string of the molecule is C=C(CBr)[SiH](OCC)OCC. The number of hydrogen-bond acceptors (Lipinski definition) is 2. The second kappa shape index (κ2) is 7.03. The lowest BCUT2D eigenvalue weighted by atomic mass is 10.8. The van der Waals surface area contributed by atoms with Crippen LogP contribution in [0.15, 0.2) is 11.8 Å². The van der Waals surface area contributed by atoms with E-state index in [1.54, 1.807) is 0 Å². The largest absolute Gasteiger partial charge is 0.394 e. The molecular weight excluding hydrogens is 224 g/mol. The van der Waals surface area contributed by atoms with E-state index in [0.29, 0.717) is 13.2 Å². The summed E-state index contributed by atoms with van der Waals surface area (Å²) in [6, 6.07) is 0. The molecule has 0 N–H and O–H groups in total. The van der Waals surface area contributed by atoms with Gasteiger partial charge in [-0.15, -0.1) is 0 Å². The van der Waals surface area contributed by atoms with Crippen LogP contribution in [0.1, 0.15) is 13.8 Å². The van der Waals surface area contributed by atoms with Gasteiger partial charge in [-0.1, -0.05) is 22.5 Å². The zero-order valence-corrected chi connectivity index (χ0v) is 9.84. The Morgan fingerprint density at radius 3 is 2.09 bits per heavy atom. The number of hydrogen-bond donors (Lipinski definition) is 0. The minimum absolute atomic E-state index is 0.711. The molecule has 0 bridgehead atoms. The maximum absolute atomic E-state index is 5.42. The third-order valence-electron chi connectivity index (χ3n) is 1.14. The molecule has 11 heavy (non-hydrogen) atoms. The summed E-state index contributed by atoms with van der Waals surface area (Å²) >= 11 is 3.33. The molecule has 2 nitrogen and oxygen atoms in total. The highest BCUT2D eigenvalue weighted by Crippen LogP contribution is 2.04. The van der Waals surface area contributed by atoms with Gasteiger partial charge < -0.3 is 8.85 Å². The Bertz CT molecular complexity index is 113. The van der Waals surface area contributed by atoms with Crippen LogP contribution in [0, 0.1) is 0 Å². The van der Waals surface area contributed by atoms with Crippen LogP contribution in [-0.4, -0.2) is 27.8 Å². The summed E-state index contributed by atoms with van der Waals surface area (Å²) in [5, 5.41) is 1.85. The molecule has 0 amide bonds. The van der Waals surface area contributed by atoms with Crippen molar-refractivity contribution in [3.8, 4) is 0 Å². The van der Waals surface area contributed by atoms with E-state index in [-0.39, 0.29) is 0 Å². The van der Waals surface area contributed by atoms with Crippen molar-refractivity contribution in [2.24, 2.45) is 0 Å². The van der Waals surface area contributed by atoms with Crippen LogP contribution in [0.3, 0.4) is 0 Å². The summed E-state index contributed by atoms with van der Waals surface area (Å²) in [5.41, 5.74) is 0. The number of allylic oxidation sites excluding steroid dienone is 1. The first-order valence-electron chi connectivity index (χ1n) is 3.73. The van der Waals surface area contributed by atoms with Gasteiger partial charge >= 0.3 is 9.28 Å². The highest BCUT2D eigenvalue weighted by atomic mass is 79.9. The van der Waals surface area contributed by atoms with Crippen LogP contribution in [0.5, 0.6) is 0 Å². The molecule has 0 rings (SSSR count). The summed E-state index contributed by atoms with van der Waals surface area (Å²) in [6.07, 6.45) is 0. The molecule has 0 aromatic heterocycles. The third-order valence-corrected chi connectivity index (χ3v) is 4.60. The maximum Gasteiger partial charge on any atom is 0.351 e. The van der Waals surface area contributed by atoms with Gasteiger partial charge in [0.1, 0.15) is 0 Å². The van der Waals surface area contributed by atoms with E-state index in [1.165, 1.54) is 0 Å². The highest BCUT2D eigenvalue weighted by molar-refractivity contribution is 9.09. The van der Waals surface area contributed by atoms with Crippen molar-refractivity contribution in [2.45, 2.75) is 13.8 Å². The lowest BCUT2D eigenvalue weighted by Gasteiger charge is -2.14. The number of halogens is 1. The molecular formula is C7H15BrO2Si. The van der Waals surface area contributed by atoms with E-state index < -0.39 is 9.28 Å². The second-order valence-corrected chi connectivity index (χ2v) is 4.74. The molecule has 0 unspecified atom stereocenters. The molecule has 0 aliphatic rings. The van der Waals surface area contributed by atoms with Gasteiger partial charge in [0.15, 0.2) is 0 Å². The predicted octanol–water partition coefficient (Wildman–Crippen LogP) is 1.77. The summed E-state index contributed by atoms with van der Waals surface area (Å²) in [6.45, 7) is 9.24. The second-order valence-electron chi connectivity index (χ2n) is 2.03. The predicted molar refractivity (Wildman–Crippen MR) is 53.3 cm³/mol. The monoisotopic (exact) mass is 238 g/mol. The van der Waals surface area contributed by atoms with E-state index in [4.69, 9.17) is 8.85 Å². The lowest BCUT2D eigenvalue weighted by molar-refractivity contribution is 0.221. The maximum atomic E-state index is 5.42. The van der Waals surface area contributed by atoms with E-state index in [2.05, 4.69) is 22.5 Å². The van der Waals surface area contributed by atoms with E-state index in [1.807, 2.05) is 13.8 Å². The fourth-order valence-electron chi connectivity index (χ4n) is 0.650. The Labute approximate surface area is 78.6 Å². The van der Waals surface area contributed by atoms with Crippen molar-refractivity contribution in [3.63, 3.8) is 0 Å². The molecule has 0 aliphatic heterocycles. The van der Waals surface area contributed by atoms with Gasteiger partial charge in [0.25, 0.3) is 0 Å². The molecule has 0 saturated carbocycles. The van der Waals surface area contributed by atoms with Crippen LogP contribution in [0.2, 0.25) is 0 Å². The fourth-order valence-corrected chi connectivity index (χ4v) is 2.74. The molecule has 66 valence electrons. The first-order valence-corrected chi connectivity index (χ1v) is 6.37. The smallest absolute Gasteiger partial charge is 0.351 e. The van der Waals surface area contributed by atoms with Crippen molar-refractivity contribution in [2.75, 3.05) is 18.5 Å². The minimum atomic E-state index is -1.57. The van der Waals surface area contributed by atoms with Crippen molar-refractivity contribution < 1.29 is 8.85 Å². The summed E-state index contributed by atoms with van der Waals surface area (Å²) in [7, 11) is -1.57. The number of rotatable bonds is 6. The molecule has 0 atom stereocenters. The molecule has 0 aromatic carbocycles. The van der Waals surface area contributed by atoms with Crippen LogP contribution in [0.25, 0.3) is 0 Å². The molecule has 4 heteroatoms. The first kappa shape index (κ1) is 11.4. The summed E-state index contributed by atoms with van der Waals surface area (Å²) in [5.74, 6) is 0. The Morgan fingerprint density at radius 2 is 1.82 bits per heavy atom. The normalized spacial score (nSPS) is 10.5. The van der Waals surface area contributed by atoms with Gasteiger partial charge in [-0.2, -0.15) is 0 Å². The molecule has 0 fully saturated rings. The van der Waals surface area contributed by atoms with Gasteiger partial charge in [0.05, 0.1) is 0 Å². The molecule has 0 saturated heterocycles. The van der Waals surface area contributed by atoms with E-state index in [0.717, 1.165) is 10.5 Å². The fraction of sp³-hybridized carbons (Fsp3) is 0.714. The van der Waals surface area contributed by atoms with Crippen LogP contribution < -0.4 is 0 Å². The quantitative estimate of drug-likeness (QED) is 0.519. The Morgan fingerprint density at radius 1 is 1.36 bits per heavy atom. The van der Waals surface area contributed by atoms with Crippen molar-refractivity contribution in [1.82, 2.24) is 0 Å². The van der Waals surface area contributed by atoms with Gasteiger partial charge in [0.2, 0.25) is 0 Å². The van der Waals surface area contributed by atoms with E-state index >= 15 is 0 Å².